The van der Waals surface area contributed by atoms with E-state index in [0.29, 0.717) is 19.6 Å². The van der Waals surface area contributed by atoms with Crippen molar-refractivity contribution in [1.29, 1.82) is 0 Å². The molecule has 0 radical (unpaired) electrons. The van der Waals surface area contributed by atoms with E-state index in [4.69, 9.17) is 0 Å². The third kappa shape index (κ3) is 4.07. The van der Waals surface area contributed by atoms with Gasteiger partial charge in [-0.05, 0) is 30.2 Å². The quantitative estimate of drug-likeness (QED) is 0.758. The molecule has 6 nitrogen and oxygen atoms in total. The highest BCUT2D eigenvalue weighted by molar-refractivity contribution is 7.91. The van der Waals surface area contributed by atoms with Crippen molar-refractivity contribution in [3.05, 3.63) is 35.1 Å². The molecular formula is C18H26FN3O3S. The van der Waals surface area contributed by atoms with Crippen LogP contribution in [0, 0.1) is 12.7 Å². The number of halogens is 1. The molecule has 3 rings (SSSR count). The first-order valence-electron chi connectivity index (χ1n) is 8.80. The van der Waals surface area contributed by atoms with Gasteiger partial charge in [0, 0.05) is 45.8 Å². The first-order valence-corrected chi connectivity index (χ1v) is 10.6. The number of hydrogen-bond donors (Lipinski definition) is 0. The molecule has 0 N–H and O–H groups in total. The minimum absolute atomic E-state index is 0.0177. The molecule has 0 unspecified atom stereocenters. The molecule has 2 aliphatic rings. The van der Waals surface area contributed by atoms with E-state index in [1.807, 2.05) is 11.8 Å². The summed E-state index contributed by atoms with van der Waals surface area (Å²) in [5.74, 6) is -0.0718. The average Bonchev–Trinajstić information content (AvgIpc) is 2.87. The third-order valence-corrected chi connectivity index (χ3v) is 7.12. The number of sulfone groups is 1. The molecule has 144 valence electrons. The van der Waals surface area contributed by atoms with Crippen LogP contribution >= 0.6 is 0 Å². The summed E-state index contributed by atoms with van der Waals surface area (Å²) in [5, 5.41) is 0. The molecule has 2 fully saturated rings. The summed E-state index contributed by atoms with van der Waals surface area (Å²) in [6.45, 7) is 4.05. The second kappa shape index (κ2) is 7.25. The van der Waals surface area contributed by atoms with E-state index in [-0.39, 0.29) is 41.9 Å². The number of amides is 1. The Bertz CT molecular complexity index is 797. The number of rotatable bonds is 4. The first kappa shape index (κ1) is 19.3. The van der Waals surface area contributed by atoms with Crippen molar-refractivity contribution in [3.8, 4) is 0 Å². The summed E-state index contributed by atoms with van der Waals surface area (Å²) >= 11 is 0. The fourth-order valence-corrected chi connectivity index (χ4v) is 5.90. The number of nitrogens with zero attached hydrogens (tertiary/aromatic N) is 3. The van der Waals surface area contributed by atoms with Gasteiger partial charge >= 0.3 is 0 Å². The van der Waals surface area contributed by atoms with E-state index in [1.54, 1.807) is 20.2 Å². The number of carbonyl (C=O) groups excluding carboxylic acids is 1. The molecule has 2 aliphatic heterocycles. The fraction of sp³-hybridized carbons (Fsp3) is 0.611. The van der Waals surface area contributed by atoms with Gasteiger partial charge in [-0.15, -0.1) is 0 Å². The Morgan fingerprint density at radius 2 is 1.81 bits per heavy atom. The maximum atomic E-state index is 13.3. The van der Waals surface area contributed by atoms with Crippen molar-refractivity contribution in [2.75, 3.05) is 45.2 Å². The predicted molar refractivity (Wildman–Crippen MR) is 98.0 cm³/mol. The Morgan fingerprint density at radius 3 is 2.42 bits per heavy atom. The Hall–Kier alpha value is -1.51. The van der Waals surface area contributed by atoms with E-state index in [2.05, 4.69) is 4.90 Å². The fourth-order valence-electron chi connectivity index (χ4n) is 3.86. The number of likely N-dealkylation sites (N-methyl/N-ethyl adjacent to an activating group) is 1. The summed E-state index contributed by atoms with van der Waals surface area (Å²) in [7, 11) is 0.286. The molecule has 1 amide bonds. The molecule has 2 heterocycles. The zero-order valence-electron chi connectivity index (χ0n) is 15.5. The van der Waals surface area contributed by atoms with Crippen molar-refractivity contribution in [2.45, 2.75) is 25.6 Å². The van der Waals surface area contributed by atoms with Crippen LogP contribution in [0.5, 0.6) is 0 Å². The predicted octanol–water partition coefficient (Wildman–Crippen LogP) is 0.506. The van der Waals surface area contributed by atoms with E-state index in [0.717, 1.165) is 11.1 Å². The lowest BCUT2D eigenvalue weighted by atomic mass is 10.0. The molecule has 0 aliphatic carbocycles. The molecule has 1 aromatic rings. The van der Waals surface area contributed by atoms with Gasteiger partial charge in [0.15, 0.2) is 9.84 Å². The standard InChI is InChI=1S/C18H26FN3O3S/c1-13-8-15(19)5-4-14(13)9-21-6-7-22(10-18(23)20(2)3)17-12-26(24,25)11-16(17)21/h4-5,8,16-17H,6-7,9-12H2,1-3H3/t16-,17+/m0/s1. The van der Waals surface area contributed by atoms with Crippen LogP contribution in [0.25, 0.3) is 0 Å². The van der Waals surface area contributed by atoms with E-state index in [1.165, 1.54) is 17.0 Å². The van der Waals surface area contributed by atoms with E-state index < -0.39 is 9.84 Å². The average molecular weight is 383 g/mol. The summed E-state index contributed by atoms with van der Waals surface area (Å²) in [4.78, 5) is 17.8. The first-order chi connectivity index (χ1) is 12.2. The van der Waals surface area contributed by atoms with Gasteiger partial charge in [0.2, 0.25) is 5.91 Å². The van der Waals surface area contributed by atoms with E-state index in [9.17, 15) is 17.6 Å². The number of carbonyl (C=O) groups is 1. The minimum Gasteiger partial charge on any atom is -0.348 e. The molecule has 26 heavy (non-hydrogen) atoms. The lowest BCUT2D eigenvalue weighted by Crippen LogP contribution is -2.60. The number of piperazine rings is 1. The summed E-state index contributed by atoms with van der Waals surface area (Å²) in [6, 6.07) is 4.42. The van der Waals surface area contributed by atoms with Gasteiger partial charge in [-0.3, -0.25) is 14.6 Å². The molecule has 0 aromatic heterocycles. The van der Waals surface area contributed by atoms with E-state index >= 15 is 0 Å². The summed E-state index contributed by atoms with van der Waals surface area (Å²) < 4.78 is 37.9. The Balaban J connectivity index is 1.79. The van der Waals surface area contributed by atoms with Gasteiger partial charge < -0.3 is 4.90 Å². The Labute approximate surface area is 154 Å². The zero-order valence-corrected chi connectivity index (χ0v) is 16.3. The SMILES string of the molecule is Cc1cc(F)ccc1CN1CCN(CC(=O)N(C)C)[C@@H]2CS(=O)(=O)C[C@@H]21. The number of fused-ring (bicyclic) bond motifs is 1. The molecule has 1 aromatic carbocycles. The maximum Gasteiger partial charge on any atom is 0.236 e. The normalized spacial score (nSPS) is 25.8. The van der Waals surface area contributed by atoms with Gasteiger partial charge in [-0.2, -0.15) is 0 Å². The smallest absolute Gasteiger partial charge is 0.236 e. The third-order valence-electron chi connectivity index (χ3n) is 5.42. The molecule has 0 bridgehead atoms. The lowest BCUT2D eigenvalue weighted by Gasteiger charge is -2.44. The summed E-state index contributed by atoms with van der Waals surface area (Å²) in [5.41, 5.74) is 1.87. The Morgan fingerprint density at radius 1 is 1.19 bits per heavy atom. The van der Waals surface area contributed by atoms with Crippen LogP contribution in [0.1, 0.15) is 11.1 Å². The van der Waals surface area contributed by atoms with Gasteiger partial charge in [-0.25, -0.2) is 12.8 Å². The largest absolute Gasteiger partial charge is 0.348 e. The zero-order chi connectivity index (χ0) is 19.1. The van der Waals surface area contributed by atoms with Crippen LogP contribution in [0.2, 0.25) is 0 Å². The molecule has 2 atom stereocenters. The van der Waals surface area contributed by atoms with Crippen LogP contribution in [0.15, 0.2) is 18.2 Å². The highest BCUT2D eigenvalue weighted by atomic mass is 32.2. The lowest BCUT2D eigenvalue weighted by molar-refractivity contribution is -0.131. The minimum atomic E-state index is -3.13. The topological polar surface area (TPSA) is 60.9 Å². The van der Waals surface area contributed by atoms with Crippen molar-refractivity contribution in [2.24, 2.45) is 0 Å². The van der Waals surface area contributed by atoms with Crippen LogP contribution in [-0.4, -0.2) is 86.3 Å². The molecule has 2 saturated heterocycles. The molecular weight excluding hydrogens is 357 g/mol. The van der Waals surface area contributed by atoms with Crippen LogP contribution < -0.4 is 0 Å². The number of hydrogen-bond acceptors (Lipinski definition) is 5. The second-order valence-corrected chi connectivity index (χ2v) is 9.67. The van der Waals surface area contributed by atoms with Crippen LogP contribution in [0.3, 0.4) is 0 Å². The molecule has 0 saturated carbocycles. The molecule has 0 spiro atoms. The van der Waals surface area contributed by atoms with Crippen molar-refractivity contribution in [3.63, 3.8) is 0 Å². The number of aryl methyl sites for hydroxylation is 1. The highest BCUT2D eigenvalue weighted by Gasteiger charge is 2.46. The van der Waals surface area contributed by atoms with Crippen LogP contribution in [0.4, 0.5) is 4.39 Å². The van der Waals surface area contributed by atoms with Crippen molar-refractivity contribution >= 4 is 15.7 Å². The monoisotopic (exact) mass is 383 g/mol. The van der Waals surface area contributed by atoms with Crippen LogP contribution in [-0.2, 0) is 21.2 Å². The van der Waals surface area contributed by atoms with Gasteiger partial charge in [-0.1, -0.05) is 6.07 Å². The van der Waals surface area contributed by atoms with Crippen molar-refractivity contribution < 1.29 is 17.6 Å². The van der Waals surface area contributed by atoms with Gasteiger partial charge in [0.1, 0.15) is 5.82 Å². The second-order valence-electron chi connectivity index (χ2n) is 7.51. The maximum absolute atomic E-state index is 13.3. The van der Waals surface area contributed by atoms with Gasteiger partial charge in [0.05, 0.1) is 18.1 Å². The molecule has 8 heteroatoms. The Kier molecular flexibility index (Phi) is 5.37. The van der Waals surface area contributed by atoms with Gasteiger partial charge in [0.25, 0.3) is 0 Å². The van der Waals surface area contributed by atoms with Crippen molar-refractivity contribution in [1.82, 2.24) is 14.7 Å². The highest BCUT2D eigenvalue weighted by Crippen LogP contribution is 2.28. The number of benzene rings is 1. The summed E-state index contributed by atoms with van der Waals surface area (Å²) in [6.07, 6.45) is 0.